The highest BCUT2D eigenvalue weighted by atomic mass is 16.1. The van der Waals surface area contributed by atoms with Crippen molar-refractivity contribution in [2.45, 2.75) is 12.8 Å². The average molecular weight is 284 g/mol. The number of para-hydroxylation sites is 1. The van der Waals surface area contributed by atoms with Gasteiger partial charge in [0.1, 0.15) is 0 Å². The maximum Gasteiger partial charge on any atom is 0.272 e. The molecule has 0 radical (unpaired) electrons. The minimum Gasteiger partial charge on any atom is -0.350 e. The van der Waals surface area contributed by atoms with E-state index in [-0.39, 0.29) is 5.91 Å². The van der Waals surface area contributed by atoms with E-state index in [1.807, 2.05) is 31.3 Å². The van der Waals surface area contributed by atoms with Gasteiger partial charge in [0.05, 0.1) is 5.52 Å². The minimum absolute atomic E-state index is 0.0960. The van der Waals surface area contributed by atoms with E-state index in [9.17, 15) is 4.79 Å². The molecule has 0 aliphatic carbocycles. The van der Waals surface area contributed by atoms with Crippen LogP contribution in [-0.4, -0.2) is 35.3 Å². The van der Waals surface area contributed by atoms with Crippen molar-refractivity contribution in [3.8, 4) is 0 Å². The molecule has 1 aliphatic rings. The lowest BCUT2D eigenvalue weighted by molar-refractivity contribution is 0.0950. The van der Waals surface area contributed by atoms with E-state index in [2.05, 4.69) is 21.8 Å². The average Bonchev–Trinajstić information content (AvgIpc) is 2.86. The molecule has 110 valence electrons. The van der Waals surface area contributed by atoms with Crippen LogP contribution in [0, 0.1) is 0 Å². The van der Waals surface area contributed by atoms with E-state index in [1.54, 1.807) is 4.68 Å². The standard InChI is InChI=1S/C16H20N4O/c1-20-14-5-3-2-4-13(14)15(19-20)16(21)18-11-8-12-6-9-17-10-7-12/h2-6,17H,7-11H2,1H3,(H,18,21). The lowest BCUT2D eigenvalue weighted by Gasteiger charge is -2.13. The molecule has 2 N–H and O–H groups in total. The zero-order valence-electron chi connectivity index (χ0n) is 12.2. The summed E-state index contributed by atoms with van der Waals surface area (Å²) in [4.78, 5) is 12.3. The Balaban J connectivity index is 1.65. The van der Waals surface area contributed by atoms with E-state index >= 15 is 0 Å². The van der Waals surface area contributed by atoms with E-state index in [0.29, 0.717) is 12.2 Å². The monoisotopic (exact) mass is 284 g/mol. The number of hydrogen-bond acceptors (Lipinski definition) is 3. The second-order valence-electron chi connectivity index (χ2n) is 5.31. The molecule has 0 unspecified atom stereocenters. The van der Waals surface area contributed by atoms with Crippen LogP contribution >= 0.6 is 0 Å². The number of hydrogen-bond donors (Lipinski definition) is 2. The molecular formula is C16H20N4O. The fourth-order valence-electron chi connectivity index (χ4n) is 2.70. The van der Waals surface area contributed by atoms with Crippen molar-refractivity contribution in [2.75, 3.05) is 19.6 Å². The van der Waals surface area contributed by atoms with Gasteiger partial charge in [-0.1, -0.05) is 29.8 Å². The van der Waals surface area contributed by atoms with E-state index in [0.717, 1.165) is 36.8 Å². The van der Waals surface area contributed by atoms with Crippen molar-refractivity contribution in [3.63, 3.8) is 0 Å². The zero-order chi connectivity index (χ0) is 14.7. The Morgan fingerprint density at radius 3 is 3.10 bits per heavy atom. The Morgan fingerprint density at radius 2 is 2.29 bits per heavy atom. The molecule has 5 heteroatoms. The van der Waals surface area contributed by atoms with Crippen LogP contribution in [-0.2, 0) is 7.05 Å². The summed E-state index contributed by atoms with van der Waals surface area (Å²) in [6.45, 7) is 2.63. The summed E-state index contributed by atoms with van der Waals surface area (Å²) in [6, 6.07) is 7.79. The van der Waals surface area contributed by atoms with Crippen LogP contribution in [0.5, 0.6) is 0 Å². The van der Waals surface area contributed by atoms with Gasteiger partial charge in [-0.25, -0.2) is 0 Å². The zero-order valence-corrected chi connectivity index (χ0v) is 12.2. The summed E-state index contributed by atoms with van der Waals surface area (Å²) in [5.74, 6) is -0.0960. The van der Waals surface area contributed by atoms with Crippen molar-refractivity contribution >= 4 is 16.8 Å². The number of carbonyl (C=O) groups excluding carboxylic acids is 1. The quantitative estimate of drug-likeness (QED) is 0.839. The van der Waals surface area contributed by atoms with Gasteiger partial charge in [0, 0.05) is 25.5 Å². The van der Waals surface area contributed by atoms with Crippen molar-refractivity contribution in [3.05, 3.63) is 41.6 Å². The number of carbonyl (C=O) groups is 1. The Hall–Kier alpha value is -2.14. The maximum absolute atomic E-state index is 12.3. The molecule has 1 amide bonds. The van der Waals surface area contributed by atoms with Gasteiger partial charge in [-0.15, -0.1) is 0 Å². The molecule has 0 fully saturated rings. The van der Waals surface area contributed by atoms with Crippen LogP contribution in [0.15, 0.2) is 35.9 Å². The second kappa shape index (κ2) is 6.10. The predicted octanol–water partition coefficient (Wildman–Crippen LogP) is 1.61. The van der Waals surface area contributed by atoms with Gasteiger partial charge in [0.15, 0.2) is 5.69 Å². The molecule has 0 bridgehead atoms. The molecule has 0 saturated heterocycles. The van der Waals surface area contributed by atoms with Crippen LogP contribution in [0.3, 0.4) is 0 Å². The number of amides is 1. The molecule has 0 saturated carbocycles. The smallest absolute Gasteiger partial charge is 0.272 e. The second-order valence-corrected chi connectivity index (χ2v) is 5.31. The molecule has 2 heterocycles. The van der Waals surface area contributed by atoms with E-state index in [1.165, 1.54) is 5.57 Å². The van der Waals surface area contributed by atoms with Gasteiger partial charge in [-0.2, -0.15) is 5.10 Å². The summed E-state index contributed by atoms with van der Waals surface area (Å²) in [5, 5.41) is 11.5. The first-order valence-electron chi connectivity index (χ1n) is 7.34. The SMILES string of the molecule is Cn1nc(C(=O)NCCC2=CCNCC2)c2ccccc21. The van der Waals surface area contributed by atoms with Gasteiger partial charge in [-0.3, -0.25) is 9.48 Å². The lowest BCUT2D eigenvalue weighted by atomic mass is 10.1. The minimum atomic E-state index is -0.0960. The first-order valence-corrected chi connectivity index (χ1v) is 7.34. The third-order valence-electron chi connectivity index (χ3n) is 3.86. The summed E-state index contributed by atoms with van der Waals surface area (Å²) in [6.07, 6.45) is 4.20. The van der Waals surface area contributed by atoms with Gasteiger partial charge in [0.25, 0.3) is 5.91 Å². The first kappa shape index (κ1) is 13.8. The molecule has 1 aromatic heterocycles. The molecular weight excluding hydrogens is 264 g/mol. The molecule has 3 rings (SSSR count). The summed E-state index contributed by atoms with van der Waals surface area (Å²) in [7, 11) is 1.86. The summed E-state index contributed by atoms with van der Waals surface area (Å²) >= 11 is 0. The first-order chi connectivity index (χ1) is 10.3. The summed E-state index contributed by atoms with van der Waals surface area (Å²) in [5.41, 5.74) is 2.90. The number of aromatic nitrogens is 2. The van der Waals surface area contributed by atoms with Crippen LogP contribution < -0.4 is 10.6 Å². The molecule has 1 aromatic carbocycles. The molecule has 2 aromatic rings. The topological polar surface area (TPSA) is 59.0 Å². The van der Waals surface area contributed by atoms with Crippen molar-refractivity contribution in [1.29, 1.82) is 0 Å². The summed E-state index contributed by atoms with van der Waals surface area (Å²) < 4.78 is 1.75. The van der Waals surface area contributed by atoms with Crippen LogP contribution in [0.25, 0.3) is 10.9 Å². The van der Waals surface area contributed by atoms with Crippen molar-refractivity contribution < 1.29 is 4.79 Å². The number of nitrogens with one attached hydrogen (secondary N) is 2. The molecule has 5 nitrogen and oxygen atoms in total. The molecule has 1 aliphatic heterocycles. The number of rotatable bonds is 4. The molecule has 0 spiro atoms. The number of benzene rings is 1. The number of fused-ring (bicyclic) bond motifs is 1. The Bertz CT molecular complexity index is 687. The highest BCUT2D eigenvalue weighted by molar-refractivity contribution is 6.04. The predicted molar refractivity (Wildman–Crippen MR) is 83.2 cm³/mol. The van der Waals surface area contributed by atoms with Gasteiger partial charge in [0.2, 0.25) is 0 Å². The van der Waals surface area contributed by atoms with Crippen molar-refractivity contribution in [1.82, 2.24) is 20.4 Å². The van der Waals surface area contributed by atoms with Gasteiger partial charge >= 0.3 is 0 Å². The van der Waals surface area contributed by atoms with Gasteiger partial charge < -0.3 is 10.6 Å². The van der Waals surface area contributed by atoms with Crippen LogP contribution in [0.2, 0.25) is 0 Å². The Kier molecular flexibility index (Phi) is 4.01. The van der Waals surface area contributed by atoms with Crippen molar-refractivity contribution in [2.24, 2.45) is 7.05 Å². The molecule has 0 atom stereocenters. The Morgan fingerprint density at radius 1 is 1.43 bits per heavy atom. The fourth-order valence-corrected chi connectivity index (χ4v) is 2.70. The van der Waals surface area contributed by atoms with Gasteiger partial charge in [-0.05, 0) is 25.5 Å². The normalized spacial score (nSPS) is 15.0. The Labute approximate surface area is 124 Å². The number of aryl methyl sites for hydroxylation is 1. The number of nitrogens with zero attached hydrogens (tertiary/aromatic N) is 2. The largest absolute Gasteiger partial charge is 0.350 e. The van der Waals surface area contributed by atoms with E-state index in [4.69, 9.17) is 0 Å². The maximum atomic E-state index is 12.3. The lowest BCUT2D eigenvalue weighted by Crippen LogP contribution is -2.27. The fraction of sp³-hybridized carbons (Fsp3) is 0.375. The van der Waals surface area contributed by atoms with E-state index < -0.39 is 0 Å². The van der Waals surface area contributed by atoms with Crippen LogP contribution in [0.4, 0.5) is 0 Å². The van der Waals surface area contributed by atoms with Crippen LogP contribution in [0.1, 0.15) is 23.3 Å². The third kappa shape index (κ3) is 2.97. The highest BCUT2D eigenvalue weighted by Gasteiger charge is 2.15. The third-order valence-corrected chi connectivity index (χ3v) is 3.86. The molecule has 21 heavy (non-hydrogen) atoms. The highest BCUT2D eigenvalue weighted by Crippen LogP contribution is 2.17.